The Bertz CT molecular complexity index is 1030. The van der Waals surface area contributed by atoms with E-state index in [0.717, 1.165) is 66.8 Å². The highest BCUT2D eigenvalue weighted by molar-refractivity contribution is 6.01. The van der Waals surface area contributed by atoms with Gasteiger partial charge in [-0.25, -0.2) is 0 Å². The molecule has 6 nitrogen and oxygen atoms in total. The second-order valence-electron chi connectivity index (χ2n) is 8.69. The largest absolute Gasteiger partial charge is 0.381 e. The average Bonchev–Trinajstić information content (AvgIpc) is 3.19. The molecule has 4 rings (SSSR count). The van der Waals surface area contributed by atoms with Gasteiger partial charge in [-0.1, -0.05) is 37.3 Å². The highest BCUT2D eigenvalue weighted by atomic mass is 16.5. The van der Waals surface area contributed by atoms with Crippen molar-refractivity contribution in [3.8, 4) is 11.3 Å². The molecule has 1 fully saturated rings. The van der Waals surface area contributed by atoms with Crippen LogP contribution in [-0.2, 0) is 22.5 Å². The summed E-state index contributed by atoms with van der Waals surface area (Å²) in [6, 6.07) is 6.24. The topological polar surface area (TPSA) is 64.4 Å². The lowest BCUT2D eigenvalue weighted by Gasteiger charge is -2.29. The summed E-state index contributed by atoms with van der Waals surface area (Å²) < 4.78 is 7.78. The first-order valence-electron chi connectivity index (χ1n) is 11.8. The van der Waals surface area contributed by atoms with Crippen molar-refractivity contribution in [1.82, 2.24) is 14.7 Å². The van der Waals surface area contributed by atoms with Crippen molar-refractivity contribution in [3.05, 3.63) is 46.7 Å². The predicted octanol–water partition coefficient (Wildman–Crippen LogP) is 4.82. The van der Waals surface area contributed by atoms with Gasteiger partial charge < -0.3 is 9.64 Å². The van der Waals surface area contributed by atoms with E-state index >= 15 is 0 Å². The Morgan fingerprint density at radius 3 is 2.72 bits per heavy atom. The Hall–Kier alpha value is -2.73. The number of carbonyl (C=O) groups excluding carboxylic acids is 2. The van der Waals surface area contributed by atoms with Gasteiger partial charge in [-0.2, -0.15) is 5.10 Å². The van der Waals surface area contributed by atoms with Crippen LogP contribution >= 0.6 is 0 Å². The minimum absolute atomic E-state index is 0.0842. The number of Topliss-reactive ketones (excluding diaryl/α,β-unsaturated/α-hetero) is 1. The number of rotatable bonds is 6. The normalized spacial score (nSPS) is 17.0. The SMILES string of the molecule is C/C=C\c1c(C(=O)CCC)cccc1-c1nn(C2CCOCC2)c2c1CN(C(C)=O)CC2. The Balaban J connectivity index is 1.88. The maximum Gasteiger partial charge on any atom is 0.219 e. The Labute approximate surface area is 190 Å². The number of allylic oxidation sites excluding steroid dienone is 1. The van der Waals surface area contributed by atoms with Crippen LogP contribution in [0.1, 0.15) is 79.7 Å². The second kappa shape index (κ2) is 9.82. The number of hydrogen-bond acceptors (Lipinski definition) is 4. The Morgan fingerprint density at radius 2 is 2.03 bits per heavy atom. The van der Waals surface area contributed by atoms with Crippen LogP contribution in [0.5, 0.6) is 0 Å². The summed E-state index contributed by atoms with van der Waals surface area (Å²) >= 11 is 0. The van der Waals surface area contributed by atoms with Crippen LogP contribution < -0.4 is 0 Å². The van der Waals surface area contributed by atoms with E-state index in [4.69, 9.17) is 9.84 Å². The molecule has 32 heavy (non-hydrogen) atoms. The number of hydrogen-bond donors (Lipinski definition) is 0. The molecule has 2 aromatic rings. The van der Waals surface area contributed by atoms with E-state index in [2.05, 4.69) is 10.7 Å². The minimum Gasteiger partial charge on any atom is -0.381 e. The third kappa shape index (κ3) is 4.29. The number of amides is 1. The summed E-state index contributed by atoms with van der Waals surface area (Å²) in [6.07, 6.45) is 8.03. The molecule has 2 aliphatic heterocycles. The van der Waals surface area contributed by atoms with Crippen molar-refractivity contribution in [3.63, 3.8) is 0 Å². The maximum absolute atomic E-state index is 12.9. The van der Waals surface area contributed by atoms with E-state index in [9.17, 15) is 9.59 Å². The molecule has 0 spiro atoms. The van der Waals surface area contributed by atoms with Gasteiger partial charge in [-0.3, -0.25) is 14.3 Å². The zero-order valence-electron chi connectivity index (χ0n) is 19.4. The van der Waals surface area contributed by atoms with E-state index in [1.807, 2.05) is 43.0 Å². The number of fused-ring (bicyclic) bond motifs is 1. The van der Waals surface area contributed by atoms with Crippen LogP contribution in [0.25, 0.3) is 17.3 Å². The first kappa shape index (κ1) is 22.5. The summed E-state index contributed by atoms with van der Waals surface area (Å²) in [5.74, 6) is 0.242. The number of benzene rings is 1. The minimum atomic E-state index is 0.0842. The lowest BCUT2D eigenvalue weighted by molar-refractivity contribution is -0.129. The van der Waals surface area contributed by atoms with Gasteiger partial charge >= 0.3 is 0 Å². The van der Waals surface area contributed by atoms with Gasteiger partial charge in [0.15, 0.2) is 5.78 Å². The maximum atomic E-state index is 12.9. The lowest BCUT2D eigenvalue weighted by atomic mass is 9.91. The van der Waals surface area contributed by atoms with E-state index in [1.165, 1.54) is 5.69 Å². The highest BCUT2D eigenvalue weighted by Gasteiger charge is 2.31. The van der Waals surface area contributed by atoms with Crippen LogP contribution in [0.4, 0.5) is 0 Å². The molecule has 170 valence electrons. The molecular formula is C26H33N3O3. The summed E-state index contributed by atoms with van der Waals surface area (Å²) in [4.78, 5) is 26.9. The first-order chi connectivity index (χ1) is 15.5. The van der Waals surface area contributed by atoms with Crippen molar-refractivity contribution < 1.29 is 14.3 Å². The number of aromatic nitrogens is 2. The number of carbonyl (C=O) groups is 2. The van der Waals surface area contributed by atoms with Crippen LogP contribution in [0.3, 0.4) is 0 Å². The fraction of sp³-hybridized carbons (Fsp3) is 0.500. The molecule has 1 amide bonds. The molecule has 3 heterocycles. The van der Waals surface area contributed by atoms with Crippen molar-refractivity contribution in [2.75, 3.05) is 19.8 Å². The molecule has 0 N–H and O–H groups in total. The molecule has 6 heteroatoms. The van der Waals surface area contributed by atoms with Gasteiger partial charge in [0.1, 0.15) is 0 Å². The molecule has 0 bridgehead atoms. The van der Waals surface area contributed by atoms with Crippen molar-refractivity contribution in [1.29, 1.82) is 0 Å². The fourth-order valence-corrected chi connectivity index (χ4v) is 4.89. The molecule has 0 unspecified atom stereocenters. The summed E-state index contributed by atoms with van der Waals surface area (Å²) in [5.41, 5.74) is 5.88. The molecule has 0 atom stereocenters. The fourth-order valence-electron chi connectivity index (χ4n) is 4.89. The third-order valence-electron chi connectivity index (χ3n) is 6.54. The third-order valence-corrected chi connectivity index (χ3v) is 6.54. The van der Waals surface area contributed by atoms with Crippen LogP contribution in [0.15, 0.2) is 24.3 Å². The van der Waals surface area contributed by atoms with Crippen molar-refractivity contribution >= 4 is 17.8 Å². The summed E-state index contributed by atoms with van der Waals surface area (Å²) in [7, 11) is 0. The first-order valence-corrected chi connectivity index (χ1v) is 11.8. The van der Waals surface area contributed by atoms with E-state index in [1.54, 1.807) is 6.92 Å². The molecule has 0 aliphatic carbocycles. The predicted molar refractivity (Wildman–Crippen MR) is 125 cm³/mol. The average molecular weight is 436 g/mol. The Kier molecular flexibility index (Phi) is 6.89. The molecule has 1 saturated heterocycles. The van der Waals surface area contributed by atoms with Crippen molar-refractivity contribution in [2.45, 2.75) is 65.5 Å². The van der Waals surface area contributed by atoms with Gasteiger partial charge in [-0.15, -0.1) is 0 Å². The molecule has 0 saturated carbocycles. The van der Waals surface area contributed by atoms with E-state index in [0.29, 0.717) is 25.6 Å². The van der Waals surface area contributed by atoms with Crippen LogP contribution in [-0.4, -0.2) is 46.1 Å². The number of nitrogens with zero attached hydrogens (tertiary/aromatic N) is 3. The lowest BCUT2D eigenvalue weighted by Crippen LogP contribution is -2.35. The molecule has 0 radical (unpaired) electrons. The van der Waals surface area contributed by atoms with E-state index < -0.39 is 0 Å². The smallest absolute Gasteiger partial charge is 0.219 e. The molecular weight excluding hydrogens is 402 g/mol. The highest BCUT2D eigenvalue weighted by Crippen LogP contribution is 2.37. The number of ether oxygens (including phenoxy) is 1. The quantitative estimate of drug-likeness (QED) is 0.610. The Morgan fingerprint density at radius 1 is 1.25 bits per heavy atom. The van der Waals surface area contributed by atoms with Gasteiger partial charge in [-0.05, 0) is 31.7 Å². The summed E-state index contributed by atoms with van der Waals surface area (Å²) in [6.45, 7) is 8.40. The van der Waals surface area contributed by atoms with Gasteiger partial charge in [0.25, 0.3) is 0 Å². The van der Waals surface area contributed by atoms with Crippen molar-refractivity contribution in [2.24, 2.45) is 0 Å². The monoisotopic (exact) mass is 435 g/mol. The molecule has 1 aromatic carbocycles. The molecule has 1 aromatic heterocycles. The van der Waals surface area contributed by atoms with Crippen LogP contribution in [0.2, 0.25) is 0 Å². The number of ketones is 1. The second-order valence-corrected chi connectivity index (χ2v) is 8.69. The summed E-state index contributed by atoms with van der Waals surface area (Å²) in [5, 5.41) is 5.15. The zero-order chi connectivity index (χ0) is 22.7. The van der Waals surface area contributed by atoms with E-state index in [-0.39, 0.29) is 11.7 Å². The standard InChI is InChI=1S/C26H33N3O3/c1-4-7-20-21(25(31)8-5-2)9-6-10-22(20)26-23-17-28(18(3)30)14-11-24(23)29(27-26)19-12-15-32-16-13-19/h4,6-7,9-10,19H,5,8,11-17H2,1-3H3/b7-4-. The zero-order valence-corrected chi connectivity index (χ0v) is 19.4. The van der Waals surface area contributed by atoms with Gasteiger partial charge in [0.05, 0.1) is 11.7 Å². The van der Waals surface area contributed by atoms with Gasteiger partial charge in [0.2, 0.25) is 5.91 Å². The molecule has 2 aliphatic rings. The van der Waals surface area contributed by atoms with Gasteiger partial charge in [0, 0.05) is 68.5 Å². The van der Waals surface area contributed by atoms with Crippen LogP contribution in [0, 0.1) is 0 Å².